The first-order valence-corrected chi connectivity index (χ1v) is 6.36. The smallest absolute Gasteiger partial charge is 0.326 e. The molecule has 8 nitrogen and oxygen atoms in total. The number of methoxy groups -OCH3 is 2. The molecule has 8 heteroatoms. The minimum absolute atomic E-state index is 0.0438. The van der Waals surface area contributed by atoms with Crippen LogP contribution < -0.4 is 5.32 Å². The van der Waals surface area contributed by atoms with Gasteiger partial charge < -0.3 is 29.9 Å². The third-order valence-corrected chi connectivity index (χ3v) is 2.75. The number of aliphatic hydroxyl groups is 1. The van der Waals surface area contributed by atoms with E-state index >= 15 is 0 Å². The number of hydrogen-bond acceptors (Lipinski definition) is 5. The summed E-state index contributed by atoms with van der Waals surface area (Å²) in [5, 5.41) is 20.1. The van der Waals surface area contributed by atoms with E-state index in [1.165, 1.54) is 19.1 Å². The van der Waals surface area contributed by atoms with E-state index in [0.717, 1.165) is 0 Å². The maximum absolute atomic E-state index is 12.1. The van der Waals surface area contributed by atoms with Crippen LogP contribution >= 0.6 is 0 Å². The summed E-state index contributed by atoms with van der Waals surface area (Å²) in [6, 6.07) is -1.86. The van der Waals surface area contributed by atoms with Crippen molar-refractivity contribution in [2.45, 2.75) is 25.4 Å². The lowest BCUT2D eigenvalue weighted by atomic mass is 10.2. The topological polar surface area (TPSA) is 108 Å². The van der Waals surface area contributed by atoms with E-state index in [4.69, 9.17) is 19.7 Å². The van der Waals surface area contributed by atoms with Crippen LogP contribution in [0.5, 0.6) is 0 Å². The van der Waals surface area contributed by atoms with Crippen LogP contribution in [0.3, 0.4) is 0 Å². The number of carboxylic acids is 1. The van der Waals surface area contributed by atoms with Crippen molar-refractivity contribution < 1.29 is 29.3 Å². The summed E-state index contributed by atoms with van der Waals surface area (Å²) in [5.41, 5.74) is 0. The van der Waals surface area contributed by atoms with Gasteiger partial charge >= 0.3 is 12.0 Å². The van der Waals surface area contributed by atoms with Crippen molar-refractivity contribution in [1.29, 1.82) is 0 Å². The average molecular weight is 292 g/mol. The first-order chi connectivity index (χ1) is 9.47. The van der Waals surface area contributed by atoms with Gasteiger partial charge in [0.2, 0.25) is 0 Å². The largest absolute Gasteiger partial charge is 0.480 e. The van der Waals surface area contributed by atoms with Crippen LogP contribution in [0, 0.1) is 0 Å². The number of carboxylic acid groups (broad SMARTS) is 1. The minimum atomic E-state index is -1.18. The van der Waals surface area contributed by atoms with Gasteiger partial charge in [-0.15, -0.1) is 0 Å². The Morgan fingerprint density at radius 3 is 2.40 bits per heavy atom. The van der Waals surface area contributed by atoms with Crippen LogP contribution in [0.15, 0.2) is 0 Å². The first kappa shape index (κ1) is 18.6. The molecule has 2 amide bonds. The Morgan fingerprint density at radius 1 is 1.30 bits per heavy atom. The molecule has 0 aliphatic rings. The summed E-state index contributed by atoms with van der Waals surface area (Å²) < 4.78 is 9.93. The van der Waals surface area contributed by atoms with Crippen LogP contribution in [-0.4, -0.2) is 79.8 Å². The monoisotopic (exact) mass is 292 g/mol. The number of nitrogens with one attached hydrogen (secondary N) is 1. The standard InChI is InChI=1S/C12H24N2O6/c1-9(8-20-3)14(5-7-19-2)12(18)13-10(4-6-15)11(16)17/h9-10,15H,4-8H2,1-3H3,(H,13,18)(H,16,17)/t9?,10-/m1/s1. The molecule has 0 rings (SSSR count). The van der Waals surface area contributed by atoms with Crippen molar-refractivity contribution in [3.63, 3.8) is 0 Å². The number of nitrogens with zero attached hydrogens (tertiary/aromatic N) is 1. The molecule has 0 radical (unpaired) electrons. The van der Waals surface area contributed by atoms with Crippen molar-refractivity contribution >= 4 is 12.0 Å². The van der Waals surface area contributed by atoms with Crippen molar-refractivity contribution in [2.24, 2.45) is 0 Å². The predicted octanol–water partition coefficient (Wildman–Crippen LogP) is -0.485. The molecule has 3 N–H and O–H groups in total. The number of amides is 2. The fraction of sp³-hybridized carbons (Fsp3) is 0.833. The number of rotatable bonds is 10. The zero-order valence-electron chi connectivity index (χ0n) is 12.2. The molecular weight excluding hydrogens is 268 g/mol. The lowest BCUT2D eigenvalue weighted by molar-refractivity contribution is -0.139. The lowest BCUT2D eigenvalue weighted by Crippen LogP contribution is -2.52. The van der Waals surface area contributed by atoms with Gasteiger partial charge in [0.05, 0.1) is 19.3 Å². The molecule has 0 aromatic carbocycles. The molecule has 118 valence electrons. The molecule has 0 saturated heterocycles. The second-order valence-corrected chi connectivity index (χ2v) is 4.34. The predicted molar refractivity (Wildman–Crippen MR) is 71.6 cm³/mol. The molecule has 20 heavy (non-hydrogen) atoms. The van der Waals surface area contributed by atoms with E-state index in [9.17, 15) is 9.59 Å². The van der Waals surface area contributed by atoms with Crippen molar-refractivity contribution in [3.05, 3.63) is 0 Å². The highest BCUT2D eigenvalue weighted by Crippen LogP contribution is 2.03. The van der Waals surface area contributed by atoms with Gasteiger partial charge in [0.25, 0.3) is 0 Å². The number of aliphatic hydroxyl groups excluding tert-OH is 1. The Balaban J connectivity index is 4.69. The fourth-order valence-electron chi connectivity index (χ4n) is 1.66. The van der Waals surface area contributed by atoms with Gasteiger partial charge in [-0.1, -0.05) is 0 Å². The molecule has 0 aliphatic carbocycles. The van der Waals surface area contributed by atoms with Crippen molar-refractivity contribution in [3.8, 4) is 0 Å². The van der Waals surface area contributed by atoms with Crippen LogP contribution in [0.1, 0.15) is 13.3 Å². The summed E-state index contributed by atoms with van der Waals surface area (Å²) in [5.74, 6) is -1.18. The number of carbonyl (C=O) groups is 2. The Bertz CT molecular complexity index is 300. The number of aliphatic carboxylic acids is 1. The SMILES string of the molecule is COCCN(C(=O)N[C@H](CCO)C(=O)O)C(C)COC. The van der Waals surface area contributed by atoms with Crippen molar-refractivity contribution in [1.82, 2.24) is 10.2 Å². The summed E-state index contributed by atoms with van der Waals surface area (Å²) in [6.07, 6.45) is -0.0438. The Labute approximate surface area is 118 Å². The highest BCUT2D eigenvalue weighted by molar-refractivity contribution is 5.82. The summed E-state index contributed by atoms with van der Waals surface area (Å²) in [4.78, 5) is 24.5. The Morgan fingerprint density at radius 2 is 1.95 bits per heavy atom. The van der Waals surface area contributed by atoms with Gasteiger partial charge in [-0.25, -0.2) is 9.59 Å². The van der Waals surface area contributed by atoms with Gasteiger partial charge in [0, 0.05) is 33.8 Å². The molecule has 1 unspecified atom stereocenters. The first-order valence-electron chi connectivity index (χ1n) is 6.36. The molecule has 0 bridgehead atoms. The van der Waals surface area contributed by atoms with E-state index in [2.05, 4.69) is 5.32 Å². The maximum Gasteiger partial charge on any atom is 0.326 e. The van der Waals surface area contributed by atoms with Gasteiger partial charge in [0.1, 0.15) is 6.04 Å². The molecular formula is C12H24N2O6. The third-order valence-electron chi connectivity index (χ3n) is 2.75. The van der Waals surface area contributed by atoms with Gasteiger partial charge in [0.15, 0.2) is 0 Å². The number of ether oxygens (including phenoxy) is 2. The zero-order valence-corrected chi connectivity index (χ0v) is 12.2. The van der Waals surface area contributed by atoms with Gasteiger partial charge in [-0.3, -0.25) is 0 Å². The lowest BCUT2D eigenvalue weighted by Gasteiger charge is -2.30. The zero-order chi connectivity index (χ0) is 15.5. The van der Waals surface area contributed by atoms with Crippen LogP contribution in [0.4, 0.5) is 4.79 Å². The summed E-state index contributed by atoms with van der Waals surface area (Å²) in [7, 11) is 3.04. The highest BCUT2D eigenvalue weighted by atomic mass is 16.5. The van der Waals surface area contributed by atoms with E-state index in [-0.39, 0.29) is 19.1 Å². The molecule has 0 aliphatic heterocycles. The molecule has 0 aromatic rings. The number of carbonyl (C=O) groups excluding carboxylic acids is 1. The van der Waals surface area contributed by atoms with Crippen molar-refractivity contribution in [2.75, 3.05) is 40.6 Å². The van der Waals surface area contributed by atoms with Crippen LogP contribution in [0.25, 0.3) is 0 Å². The van der Waals surface area contributed by atoms with E-state index in [1.54, 1.807) is 6.92 Å². The second-order valence-electron chi connectivity index (χ2n) is 4.34. The molecule has 0 spiro atoms. The molecule has 0 aromatic heterocycles. The Kier molecular flexibility index (Phi) is 9.69. The molecule has 0 fully saturated rings. The van der Waals surface area contributed by atoms with Crippen LogP contribution in [-0.2, 0) is 14.3 Å². The number of urea groups is 1. The van der Waals surface area contributed by atoms with E-state index < -0.39 is 18.0 Å². The molecule has 0 saturated carbocycles. The second kappa shape index (κ2) is 10.4. The average Bonchev–Trinajstić information content (AvgIpc) is 2.38. The maximum atomic E-state index is 12.1. The fourth-order valence-corrected chi connectivity index (χ4v) is 1.66. The minimum Gasteiger partial charge on any atom is -0.480 e. The van der Waals surface area contributed by atoms with Gasteiger partial charge in [-0.2, -0.15) is 0 Å². The number of hydrogen-bond donors (Lipinski definition) is 3. The summed E-state index contributed by atoms with van der Waals surface area (Å²) in [6.45, 7) is 2.45. The third kappa shape index (κ3) is 6.69. The molecule has 0 heterocycles. The van der Waals surface area contributed by atoms with E-state index in [1.807, 2.05) is 0 Å². The van der Waals surface area contributed by atoms with Gasteiger partial charge in [-0.05, 0) is 6.92 Å². The quantitative estimate of drug-likeness (QED) is 0.501. The van der Waals surface area contributed by atoms with E-state index in [0.29, 0.717) is 19.8 Å². The van der Waals surface area contributed by atoms with Crippen LogP contribution in [0.2, 0.25) is 0 Å². The molecule has 2 atom stereocenters. The highest BCUT2D eigenvalue weighted by Gasteiger charge is 2.25. The Hall–Kier alpha value is -1.38. The normalized spacial score (nSPS) is 13.6. The summed E-state index contributed by atoms with van der Waals surface area (Å²) >= 11 is 0.